The molecular formula is C10H9ClO3. The largest absolute Gasteiger partial charge is 0.508 e. The number of phenolic OH excluding ortho intramolecular Hbond substituents is 1. The third kappa shape index (κ3) is 2.12. The second-order valence-electron chi connectivity index (χ2n) is 2.91. The summed E-state index contributed by atoms with van der Waals surface area (Å²) >= 11 is 5.75. The molecule has 1 aromatic carbocycles. The fraction of sp³-hybridized carbons (Fsp3) is 0.200. The highest BCUT2D eigenvalue weighted by Crippen LogP contribution is 2.29. The first kappa shape index (κ1) is 10.7. The number of ketones is 1. The second-order valence-corrected chi connectivity index (χ2v) is 3.35. The summed E-state index contributed by atoms with van der Waals surface area (Å²) in [6.45, 7) is 1.32. The molecule has 1 aromatic rings. The average Bonchev–Trinajstić information content (AvgIpc) is 2.17. The molecule has 1 atom stereocenters. The van der Waals surface area contributed by atoms with Crippen LogP contribution in [0, 0.1) is 0 Å². The maximum atomic E-state index is 11.0. The van der Waals surface area contributed by atoms with Crippen molar-refractivity contribution < 1.29 is 14.7 Å². The molecule has 1 N–H and O–H groups in total. The highest BCUT2D eigenvalue weighted by atomic mass is 35.5. The van der Waals surface area contributed by atoms with Crippen molar-refractivity contribution in [3.05, 3.63) is 29.3 Å². The van der Waals surface area contributed by atoms with Crippen LogP contribution in [-0.4, -0.2) is 17.2 Å². The molecule has 0 saturated heterocycles. The van der Waals surface area contributed by atoms with Crippen molar-refractivity contribution in [3.63, 3.8) is 0 Å². The minimum atomic E-state index is -0.908. The van der Waals surface area contributed by atoms with Crippen molar-refractivity contribution in [2.45, 2.75) is 12.3 Å². The van der Waals surface area contributed by atoms with Gasteiger partial charge in [0.1, 0.15) is 17.4 Å². The van der Waals surface area contributed by atoms with Gasteiger partial charge in [0, 0.05) is 11.1 Å². The zero-order valence-corrected chi connectivity index (χ0v) is 8.28. The molecule has 0 spiro atoms. The Bertz CT molecular complexity index is 374. The summed E-state index contributed by atoms with van der Waals surface area (Å²) in [5.41, 5.74) is 0.647. The number of aromatic hydroxyl groups is 1. The molecule has 0 aliphatic heterocycles. The van der Waals surface area contributed by atoms with Crippen molar-refractivity contribution in [2.75, 3.05) is 0 Å². The van der Waals surface area contributed by atoms with E-state index in [9.17, 15) is 14.7 Å². The van der Waals surface area contributed by atoms with E-state index in [0.29, 0.717) is 11.8 Å². The first-order chi connectivity index (χ1) is 6.56. The molecule has 4 heteroatoms. The van der Waals surface area contributed by atoms with Gasteiger partial charge in [-0.15, -0.1) is 11.6 Å². The zero-order chi connectivity index (χ0) is 10.7. The standard InChI is InChI=1S/C10H9ClO3/c1-6(13)10(11)8-4-7(5-12)2-3-9(8)14/h2-5,10,14H,1H3. The van der Waals surface area contributed by atoms with E-state index in [1.165, 1.54) is 25.1 Å². The molecule has 0 saturated carbocycles. The number of carbonyl (C=O) groups excluding carboxylic acids is 2. The average molecular weight is 213 g/mol. The smallest absolute Gasteiger partial charge is 0.152 e. The van der Waals surface area contributed by atoms with E-state index < -0.39 is 5.38 Å². The fourth-order valence-corrected chi connectivity index (χ4v) is 1.24. The summed E-state index contributed by atoms with van der Waals surface area (Å²) < 4.78 is 0. The molecule has 0 aliphatic carbocycles. The van der Waals surface area contributed by atoms with Crippen LogP contribution in [0.1, 0.15) is 28.2 Å². The van der Waals surface area contributed by atoms with E-state index in [1.54, 1.807) is 0 Å². The fourth-order valence-electron chi connectivity index (χ4n) is 1.07. The molecule has 74 valence electrons. The Kier molecular flexibility index (Phi) is 3.25. The topological polar surface area (TPSA) is 54.4 Å². The van der Waals surface area contributed by atoms with Gasteiger partial charge in [-0.2, -0.15) is 0 Å². The van der Waals surface area contributed by atoms with Gasteiger partial charge in [-0.3, -0.25) is 9.59 Å². The Labute approximate surface area is 86.3 Å². The highest BCUT2D eigenvalue weighted by molar-refractivity contribution is 6.31. The summed E-state index contributed by atoms with van der Waals surface area (Å²) in [7, 11) is 0. The maximum Gasteiger partial charge on any atom is 0.152 e. The lowest BCUT2D eigenvalue weighted by atomic mass is 10.1. The van der Waals surface area contributed by atoms with Crippen molar-refractivity contribution in [2.24, 2.45) is 0 Å². The van der Waals surface area contributed by atoms with Crippen LogP contribution in [0.4, 0.5) is 0 Å². The number of Topliss-reactive ketones (excluding diaryl/α,β-unsaturated/α-hetero) is 1. The Morgan fingerprint density at radius 1 is 1.57 bits per heavy atom. The monoisotopic (exact) mass is 212 g/mol. The van der Waals surface area contributed by atoms with Gasteiger partial charge in [0.25, 0.3) is 0 Å². The summed E-state index contributed by atoms with van der Waals surface area (Å²) in [6, 6.07) is 4.20. The molecule has 0 amide bonds. The Balaban J connectivity index is 3.18. The number of rotatable bonds is 3. The number of carbonyl (C=O) groups is 2. The molecule has 3 nitrogen and oxygen atoms in total. The number of hydrogen-bond acceptors (Lipinski definition) is 3. The number of halogens is 1. The first-order valence-electron chi connectivity index (χ1n) is 3.99. The summed E-state index contributed by atoms with van der Waals surface area (Å²) in [4.78, 5) is 21.4. The van der Waals surface area contributed by atoms with Gasteiger partial charge in [-0.1, -0.05) is 0 Å². The number of alkyl halides is 1. The third-order valence-electron chi connectivity index (χ3n) is 1.82. The first-order valence-corrected chi connectivity index (χ1v) is 4.42. The van der Waals surface area contributed by atoms with Crippen LogP contribution < -0.4 is 0 Å². The van der Waals surface area contributed by atoms with Gasteiger partial charge in [-0.05, 0) is 25.1 Å². The quantitative estimate of drug-likeness (QED) is 0.617. The number of hydrogen-bond donors (Lipinski definition) is 1. The van der Waals surface area contributed by atoms with Gasteiger partial charge in [0.15, 0.2) is 5.78 Å². The number of benzene rings is 1. The van der Waals surface area contributed by atoms with Crippen LogP contribution in [0.15, 0.2) is 18.2 Å². The molecule has 0 fully saturated rings. The Morgan fingerprint density at radius 2 is 2.21 bits per heavy atom. The Hall–Kier alpha value is -1.35. The van der Waals surface area contributed by atoms with Crippen LogP contribution in [0.25, 0.3) is 0 Å². The lowest BCUT2D eigenvalue weighted by Gasteiger charge is -2.08. The molecular weight excluding hydrogens is 204 g/mol. The zero-order valence-electron chi connectivity index (χ0n) is 7.53. The molecule has 0 heterocycles. The normalized spacial score (nSPS) is 12.1. The van der Waals surface area contributed by atoms with Gasteiger partial charge in [0.2, 0.25) is 0 Å². The minimum Gasteiger partial charge on any atom is -0.508 e. The summed E-state index contributed by atoms with van der Waals surface area (Å²) in [5.74, 6) is -0.351. The molecule has 0 aromatic heterocycles. The van der Waals surface area contributed by atoms with Crippen LogP contribution in [0.5, 0.6) is 5.75 Å². The third-order valence-corrected chi connectivity index (χ3v) is 2.36. The van der Waals surface area contributed by atoms with E-state index in [-0.39, 0.29) is 17.1 Å². The van der Waals surface area contributed by atoms with E-state index in [1.807, 2.05) is 0 Å². The lowest BCUT2D eigenvalue weighted by Crippen LogP contribution is -2.02. The minimum absolute atomic E-state index is 0.0780. The molecule has 0 radical (unpaired) electrons. The van der Waals surface area contributed by atoms with E-state index in [4.69, 9.17) is 11.6 Å². The van der Waals surface area contributed by atoms with Gasteiger partial charge >= 0.3 is 0 Å². The molecule has 1 unspecified atom stereocenters. The van der Waals surface area contributed by atoms with Crippen molar-refractivity contribution >= 4 is 23.7 Å². The van der Waals surface area contributed by atoms with Gasteiger partial charge < -0.3 is 5.11 Å². The predicted molar refractivity (Wildman–Crippen MR) is 52.8 cm³/mol. The summed E-state index contributed by atoms with van der Waals surface area (Å²) in [5, 5.41) is 8.49. The van der Waals surface area contributed by atoms with Crippen LogP contribution >= 0.6 is 11.6 Å². The SMILES string of the molecule is CC(=O)C(Cl)c1cc(C=O)ccc1O. The molecule has 1 rings (SSSR count). The number of phenols is 1. The maximum absolute atomic E-state index is 11.0. The van der Waals surface area contributed by atoms with Crippen molar-refractivity contribution in [1.29, 1.82) is 0 Å². The van der Waals surface area contributed by atoms with E-state index >= 15 is 0 Å². The number of aldehydes is 1. The Morgan fingerprint density at radius 3 is 2.71 bits per heavy atom. The molecule has 0 bridgehead atoms. The summed E-state index contributed by atoms with van der Waals surface area (Å²) in [6.07, 6.45) is 0.632. The second kappa shape index (κ2) is 4.24. The van der Waals surface area contributed by atoms with Crippen LogP contribution in [-0.2, 0) is 4.79 Å². The van der Waals surface area contributed by atoms with Crippen LogP contribution in [0.3, 0.4) is 0 Å². The molecule has 14 heavy (non-hydrogen) atoms. The predicted octanol–water partition coefficient (Wildman–Crippen LogP) is 2.07. The lowest BCUT2D eigenvalue weighted by molar-refractivity contribution is -0.116. The van der Waals surface area contributed by atoms with Gasteiger partial charge in [-0.25, -0.2) is 0 Å². The van der Waals surface area contributed by atoms with Crippen molar-refractivity contribution in [3.8, 4) is 5.75 Å². The van der Waals surface area contributed by atoms with Crippen LogP contribution in [0.2, 0.25) is 0 Å². The van der Waals surface area contributed by atoms with Gasteiger partial charge in [0.05, 0.1) is 0 Å². The molecule has 0 aliphatic rings. The van der Waals surface area contributed by atoms with E-state index in [2.05, 4.69) is 0 Å². The highest BCUT2D eigenvalue weighted by Gasteiger charge is 2.17. The van der Waals surface area contributed by atoms with E-state index in [0.717, 1.165) is 0 Å². The van der Waals surface area contributed by atoms with Crippen molar-refractivity contribution in [1.82, 2.24) is 0 Å².